The zero-order valence-electron chi connectivity index (χ0n) is 22.5. The highest BCUT2D eigenvalue weighted by atomic mass is 15.1. The van der Waals surface area contributed by atoms with E-state index in [1.807, 2.05) is 36.7 Å². The van der Waals surface area contributed by atoms with Crippen molar-refractivity contribution < 1.29 is 0 Å². The van der Waals surface area contributed by atoms with Gasteiger partial charge in [-0.1, -0.05) is 52.0 Å². The van der Waals surface area contributed by atoms with E-state index in [9.17, 15) is 0 Å². The fraction of sp³-hybridized carbons (Fsp3) is 0.375. The molecule has 0 fully saturated rings. The molecule has 0 N–H and O–H groups in total. The SMILES string of the molecule is CCCN(CCC)c1ccc(C=Nc2ccc(N=Cc3ccc(N(CCC)CCC)cc3)cc2)cc1. The molecule has 0 unspecified atom stereocenters. The zero-order valence-corrected chi connectivity index (χ0v) is 22.5. The lowest BCUT2D eigenvalue weighted by molar-refractivity contribution is 0.745. The summed E-state index contributed by atoms with van der Waals surface area (Å²) < 4.78 is 0. The molecule has 4 nitrogen and oxygen atoms in total. The fourth-order valence-electron chi connectivity index (χ4n) is 4.28. The minimum Gasteiger partial charge on any atom is -0.372 e. The molecule has 0 saturated carbocycles. The maximum atomic E-state index is 4.64. The van der Waals surface area contributed by atoms with Gasteiger partial charge in [-0.2, -0.15) is 0 Å². The van der Waals surface area contributed by atoms with Crippen LogP contribution in [-0.2, 0) is 0 Å². The first-order valence-electron chi connectivity index (χ1n) is 13.5. The number of rotatable bonds is 14. The molecule has 0 aliphatic rings. The third-order valence-electron chi connectivity index (χ3n) is 6.07. The first-order valence-corrected chi connectivity index (χ1v) is 13.5. The molecular weight excluding hydrogens is 440 g/mol. The summed E-state index contributed by atoms with van der Waals surface area (Å²) in [5, 5.41) is 0. The topological polar surface area (TPSA) is 31.2 Å². The van der Waals surface area contributed by atoms with Gasteiger partial charge in [0.2, 0.25) is 0 Å². The second-order valence-electron chi connectivity index (χ2n) is 9.19. The van der Waals surface area contributed by atoms with Gasteiger partial charge in [0.05, 0.1) is 11.4 Å². The van der Waals surface area contributed by atoms with E-state index in [2.05, 4.69) is 96.0 Å². The smallest absolute Gasteiger partial charge is 0.0631 e. The molecular formula is C32H42N4. The van der Waals surface area contributed by atoms with Crippen LogP contribution in [0.5, 0.6) is 0 Å². The van der Waals surface area contributed by atoms with Gasteiger partial charge in [-0.05, 0) is 85.3 Å². The Morgan fingerprint density at radius 1 is 0.472 bits per heavy atom. The fourth-order valence-corrected chi connectivity index (χ4v) is 4.28. The van der Waals surface area contributed by atoms with Crippen LogP contribution in [0.15, 0.2) is 82.8 Å². The second-order valence-corrected chi connectivity index (χ2v) is 9.19. The minimum absolute atomic E-state index is 0.924. The molecule has 0 aliphatic carbocycles. The van der Waals surface area contributed by atoms with Crippen molar-refractivity contribution in [2.75, 3.05) is 36.0 Å². The van der Waals surface area contributed by atoms with Crippen molar-refractivity contribution in [1.29, 1.82) is 0 Å². The molecule has 0 aliphatic heterocycles. The Morgan fingerprint density at radius 2 is 0.778 bits per heavy atom. The number of aliphatic imine (C=N–C) groups is 2. The summed E-state index contributed by atoms with van der Waals surface area (Å²) in [6.07, 6.45) is 8.49. The van der Waals surface area contributed by atoms with Crippen LogP contribution in [0.2, 0.25) is 0 Å². The van der Waals surface area contributed by atoms with Crippen molar-refractivity contribution in [1.82, 2.24) is 0 Å². The van der Waals surface area contributed by atoms with E-state index in [1.54, 1.807) is 0 Å². The van der Waals surface area contributed by atoms with E-state index < -0.39 is 0 Å². The summed E-state index contributed by atoms with van der Waals surface area (Å²) in [4.78, 5) is 14.2. The monoisotopic (exact) mass is 482 g/mol. The van der Waals surface area contributed by atoms with E-state index in [1.165, 1.54) is 11.4 Å². The van der Waals surface area contributed by atoms with Crippen LogP contribution in [0.25, 0.3) is 0 Å². The summed E-state index contributed by atoms with van der Waals surface area (Å²) >= 11 is 0. The molecule has 36 heavy (non-hydrogen) atoms. The van der Waals surface area contributed by atoms with Crippen molar-refractivity contribution in [2.24, 2.45) is 9.98 Å². The maximum Gasteiger partial charge on any atom is 0.0631 e. The largest absolute Gasteiger partial charge is 0.372 e. The van der Waals surface area contributed by atoms with Gasteiger partial charge >= 0.3 is 0 Å². The van der Waals surface area contributed by atoms with Crippen molar-refractivity contribution >= 4 is 35.2 Å². The van der Waals surface area contributed by atoms with Crippen LogP contribution in [0, 0.1) is 0 Å². The predicted molar refractivity (Wildman–Crippen MR) is 159 cm³/mol. The first kappa shape index (κ1) is 27.2. The Bertz CT molecular complexity index is 966. The minimum atomic E-state index is 0.924. The maximum absolute atomic E-state index is 4.64. The van der Waals surface area contributed by atoms with Crippen LogP contribution >= 0.6 is 0 Å². The molecule has 0 heterocycles. The number of hydrogen-bond acceptors (Lipinski definition) is 4. The van der Waals surface area contributed by atoms with E-state index in [0.717, 1.165) is 74.4 Å². The van der Waals surface area contributed by atoms with Crippen molar-refractivity contribution in [3.05, 3.63) is 83.9 Å². The molecule has 0 radical (unpaired) electrons. The first-order chi connectivity index (χ1) is 17.7. The quantitative estimate of drug-likeness (QED) is 0.216. The van der Waals surface area contributed by atoms with E-state index >= 15 is 0 Å². The lowest BCUT2D eigenvalue weighted by Crippen LogP contribution is -2.24. The van der Waals surface area contributed by atoms with Crippen LogP contribution in [0.4, 0.5) is 22.7 Å². The molecule has 0 aromatic heterocycles. The average molecular weight is 483 g/mol. The second kappa shape index (κ2) is 14.9. The highest BCUT2D eigenvalue weighted by Gasteiger charge is 2.05. The van der Waals surface area contributed by atoms with Gasteiger partial charge in [0, 0.05) is 50.0 Å². The van der Waals surface area contributed by atoms with Gasteiger partial charge in [-0.25, -0.2) is 0 Å². The van der Waals surface area contributed by atoms with Crippen LogP contribution in [0.1, 0.15) is 64.5 Å². The summed E-state index contributed by atoms with van der Waals surface area (Å²) in [5.74, 6) is 0. The van der Waals surface area contributed by atoms with Gasteiger partial charge in [0.25, 0.3) is 0 Å². The number of nitrogens with zero attached hydrogens (tertiary/aromatic N) is 4. The number of benzene rings is 3. The molecule has 0 bridgehead atoms. The Balaban J connectivity index is 1.58. The van der Waals surface area contributed by atoms with Crippen molar-refractivity contribution in [3.63, 3.8) is 0 Å². The lowest BCUT2D eigenvalue weighted by atomic mass is 10.2. The lowest BCUT2D eigenvalue weighted by Gasteiger charge is -2.23. The Hall–Kier alpha value is -3.40. The Labute approximate surface area is 218 Å². The van der Waals surface area contributed by atoms with Gasteiger partial charge in [-0.3, -0.25) is 9.98 Å². The Morgan fingerprint density at radius 3 is 1.06 bits per heavy atom. The average Bonchev–Trinajstić information content (AvgIpc) is 2.92. The van der Waals surface area contributed by atoms with E-state index in [-0.39, 0.29) is 0 Å². The molecule has 0 amide bonds. The summed E-state index contributed by atoms with van der Waals surface area (Å²) in [7, 11) is 0. The number of anilines is 2. The molecule has 190 valence electrons. The van der Waals surface area contributed by atoms with Gasteiger partial charge in [0.1, 0.15) is 0 Å². The standard InChI is InChI=1S/C32H42N4/c1-5-21-35(22-6-2)31-17-9-27(10-18-31)25-33-29-13-15-30(16-14-29)34-26-28-11-19-32(20-12-28)36(23-7-3)24-8-4/h9-20,25-26H,5-8,21-24H2,1-4H3. The van der Waals surface area contributed by atoms with Crippen LogP contribution < -0.4 is 9.80 Å². The molecule has 0 atom stereocenters. The normalized spacial score (nSPS) is 11.4. The van der Waals surface area contributed by atoms with Crippen molar-refractivity contribution in [3.8, 4) is 0 Å². The zero-order chi connectivity index (χ0) is 25.6. The molecule has 3 aromatic carbocycles. The molecule has 4 heteroatoms. The highest BCUT2D eigenvalue weighted by Crippen LogP contribution is 2.21. The summed E-state index contributed by atoms with van der Waals surface area (Å²) in [6, 6.07) is 25.4. The van der Waals surface area contributed by atoms with Crippen LogP contribution in [-0.4, -0.2) is 38.6 Å². The molecule has 3 aromatic rings. The van der Waals surface area contributed by atoms with Gasteiger partial charge < -0.3 is 9.80 Å². The predicted octanol–water partition coefficient (Wildman–Crippen LogP) is 8.44. The third-order valence-corrected chi connectivity index (χ3v) is 6.07. The third kappa shape index (κ3) is 8.37. The molecule has 0 saturated heterocycles. The van der Waals surface area contributed by atoms with E-state index in [0.29, 0.717) is 0 Å². The van der Waals surface area contributed by atoms with Crippen molar-refractivity contribution in [2.45, 2.75) is 53.4 Å². The molecule has 0 spiro atoms. The summed E-state index contributed by atoms with van der Waals surface area (Å²) in [6.45, 7) is 13.3. The summed E-state index contributed by atoms with van der Waals surface area (Å²) in [5.41, 5.74) is 6.63. The van der Waals surface area contributed by atoms with Gasteiger partial charge in [0.15, 0.2) is 0 Å². The van der Waals surface area contributed by atoms with Gasteiger partial charge in [-0.15, -0.1) is 0 Å². The van der Waals surface area contributed by atoms with E-state index in [4.69, 9.17) is 0 Å². The van der Waals surface area contributed by atoms with Crippen LogP contribution in [0.3, 0.4) is 0 Å². The number of hydrogen-bond donors (Lipinski definition) is 0. The Kier molecular flexibility index (Phi) is 11.2. The highest BCUT2D eigenvalue weighted by molar-refractivity contribution is 5.84. The molecule has 3 rings (SSSR count).